The molecule has 0 bridgehead atoms. The number of nitrogens with one attached hydrogen (secondary N) is 1. The van der Waals surface area contributed by atoms with Crippen molar-refractivity contribution in [1.29, 1.82) is 0 Å². The number of furan rings is 1. The van der Waals surface area contributed by atoms with Gasteiger partial charge in [-0.3, -0.25) is 4.68 Å². The normalized spacial score (nSPS) is 12.8. The summed E-state index contributed by atoms with van der Waals surface area (Å²) in [4.78, 5) is 0. The average Bonchev–Trinajstić information content (AvgIpc) is 2.95. The van der Waals surface area contributed by atoms with Crippen molar-refractivity contribution in [2.75, 3.05) is 6.54 Å². The van der Waals surface area contributed by atoms with Crippen LogP contribution in [0, 0.1) is 20.8 Å². The second kappa shape index (κ2) is 6.27. The Morgan fingerprint density at radius 3 is 2.55 bits per heavy atom. The summed E-state index contributed by atoms with van der Waals surface area (Å²) in [6, 6.07) is 0.156. The van der Waals surface area contributed by atoms with Gasteiger partial charge in [-0.1, -0.05) is 13.8 Å². The molecule has 0 aliphatic rings. The lowest BCUT2D eigenvalue weighted by molar-refractivity contribution is 0.494. The minimum absolute atomic E-state index is 0.156. The SMILES string of the molecule is CCCn1cc(C(NCC)c2c(C)oc(C)c2C)cn1. The summed E-state index contributed by atoms with van der Waals surface area (Å²) in [6.07, 6.45) is 5.19. The molecular weight excluding hydrogens is 250 g/mol. The highest BCUT2D eigenvalue weighted by molar-refractivity contribution is 5.39. The third-order valence-corrected chi connectivity index (χ3v) is 3.75. The highest BCUT2D eigenvalue weighted by atomic mass is 16.3. The molecule has 0 aromatic carbocycles. The van der Waals surface area contributed by atoms with Crippen LogP contribution in [0.3, 0.4) is 0 Å². The van der Waals surface area contributed by atoms with Gasteiger partial charge in [-0.25, -0.2) is 0 Å². The van der Waals surface area contributed by atoms with Gasteiger partial charge in [-0.05, 0) is 39.3 Å². The molecule has 2 aromatic heterocycles. The van der Waals surface area contributed by atoms with Crippen LogP contribution in [0.5, 0.6) is 0 Å². The Morgan fingerprint density at radius 2 is 2.00 bits per heavy atom. The number of hydrogen-bond acceptors (Lipinski definition) is 3. The summed E-state index contributed by atoms with van der Waals surface area (Å²) in [7, 11) is 0. The van der Waals surface area contributed by atoms with Crippen molar-refractivity contribution in [3.63, 3.8) is 0 Å². The first-order chi connectivity index (χ1) is 9.58. The fourth-order valence-electron chi connectivity index (χ4n) is 2.71. The molecule has 20 heavy (non-hydrogen) atoms. The van der Waals surface area contributed by atoms with Gasteiger partial charge in [0.1, 0.15) is 11.5 Å². The van der Waals surface area contributed by atoms with Crippen molar-refractivity contribution in [2.24, 2.45) is 0 Å². The lowest BCUT2D eigenvalue weighted by atomic mass is 9.97. The van der Waals surface area contributed by atoms with E-state index in [0.717, 1.165) is 31.0 Å². The molecule has 2 aromatic rings. The quantitative estimate of drug-likeness (QED) is 0.877. The van der Waals surface area contributed by atoms with Crippen molar-refractivity contribution in [3.8, 4) is 0 Å². The van der Waals surface area contributed by atoms with Crippen LogP contribution in [0.4, 0.5) is 0 Å². The van der Waals surface area contributed by atoms with Gasteiger partial charge in [0.05, 0.1) is 12.2 Å². The van der Waals surface area contributed by atoms with E-state index in [4.69, 9.17) is 4.42 Å². The van der Waals surface area contributed by atoms with Crippen LogP contribution >= 0.6 is 0 Å². The van der Waals surface area contributed by atoms with Crippen molar-refractivity contribution >= 4 is 0 Å². The van der Waals surface area contributed by atoms with E-state index in [1.54, 1.807) is 0 Å². The van der Waals surface area contributed by atoms with Gasteiger partial charge in [0.2, 0.25) is 0 Å². The average molecular weight is 275 g/mol. The van der Waals surface area contributed by atoms with Crippen molar-refractivity contribution < 1.29 is 4.42 Å². The molecule has 0 saturated heterocycles. The molecule has 1 atom stereocenters. The predicted molar refractivity (Wildman–Crippen MR) is 81.0 cm³/mol. The topological polar surface area (TPSA) is 43.0 Å². The van der Waals surface area contributed by atoms with Crippen LogP contribution in [-0.4, -0.2) is 16.3 Å². The molecule has 2 heterocycles. The van der Waals surface area contributed by atoms with Crippen molar-refractivity contribution in [3.05, 3.63) is 40.6 Å². The molecule has 0 radical (unpaired) electrons. The maximum absolute atomic E-state index is 5.78. The zero-order valence-corrected chi connectivity index (χ0v) is 13.2. The predicted octanol–water partition coefficient (Wildman–Crippen LogP) is 3.51. The number of hydrogen-bond donors (Lipinski definition) is 1. The molecule has 110 valence electrons. The van der Waals surface area contributed by atoms with Gasteiger partial charge in [-0.15, -0.1) is 0 Å². The fraction of sp³-hybridized carbons (Fsp3) is 0.562. The van der Waals surface area contributed by atoms with E-state index < -0.39 is 0 Å². The molecule has 0 spiro atoms. The molecule has 4 nitrogen and oxygen atoms in total. The van der Waals surface area contributed by atoms with Crippen molar-refractivity contribution in [1.82, 2.24) is 15.1 Å². The van der Waals surface area contributed by atoms with Gasteiger partial charge in [0, 0.05) is 23.9 Å². The maximum atomic E-state index is 5.78. The van der Waals surface area contributed by atoms with Crippen LogP contribution in [0.2, 0.25) is 0 Å². The van der Waals surface area contributed by atoms with Crippen LogP contribution in [0.1, 0.15) is 54.5 Å². The third-order valence-electron chi connectivity index (χ3n) is 3.75. The second-order valence-corrected chi connectivity index (χ2v) is 5.28. The van der Waals surface area contributed by atoms with E-state index in [0.29, 0.717) is 0 Å². The lowest BCUT2D eigenvalue weighted by Gasteiger charge is -2.17. The Morgan fingerprint density at radius 1 is 1.25 bits per heavy atom. The highest BCUT2D eigenvalue weighted by Crippen LogP contribution is 2.31. The van der Waals surface area contributed by atoms with E-state index in [-0.39, 0.29) is 6.04 Å². The number of aryl methyl sites for hydroxylation is 3. The second-order valence-electron chi connectivity index (χ2n) is 5.28. The first-order valence-electron chi connectivity index (χ1n) is 7.40. The summed E-state index contributed by atoms with van der Waals surface area (Å²) in [5, 5.41) is 8.00. The molecule has 0 aliphatic heterocycles. The summed E-state index contributed by atoms with van der Waals surface area (Å²) in [5.41, 5.74) is 3.68. The molecular formula is C16H25N3O. The van der Waals surface area contributed by atoms with Crippen LogP contribution < -0.4 is 5.32 Å². The summed E-state index contributed by atoms with van der Waals surface area (Å²) < 4.78 is 7.79. The standard InChI is InChI=1S/C16H25N3O/c1-6-8-19-10-14(9-18-19)16(17-7-2)15-11(3)12(4)20-13(15)5/h9-10,16-17H,6-8H2,1-5H3. The monoisotopic (exact) mass is 275 g/mol. The maximum Gasteiger partial charge on any atom is 0.106 e. The Kier molecular flexibility index (Phi) is 4.65. The first kappa shape index (κ1) is 14.9. The minimum atomic E-state index is 0.156. The number of aromatic nitrogens is 2. The van der Waals surface area contributed by atoms with Crippen LogP contribution in [-0.2, 0) is 6.54 Å². The Labute approximate surface area is 121 Å². The van der Waals surface area contributed by atoms with E-state index >= 15 is 0 Å². The molecule has 1 unspecified atom stereocenters. The largest absolute Gasteiger partial charge is 0.466 e. The molecule has 0 saturated carbocycles. The van der Waals surface area contributed by atoms with Gasteiger partial charge < -0.3 is 9.73 Å². The smallest absolute Gasteiger partial charge is 0.106 e. The zero-order chi connectivity index (χ0) is 14.7. The van der Waals surface area contributed by atoms with E-state index in [1.807, 2.05) is 24.7 Å². The van der Waals surface area contributed by atoms with Gasteiger partial charge >= 0.3 is 0 Å². The zero-order valence-electron chi connectivity index (χ0n) is 13.2. The summed E-state index contributed by atoms with van der Waals surface area (Å²) >= 11 is 0. The summed E-state index contributed by atoms with van der Waals surface area (Å²) in [6.45, 7) is 12.3. The molecule has 0 aliphatic carbocycles. The van der Waals surface area contributed by atoms with Crippen molar-refractivity contribution in [2.45, 2.75) is 53.6 Å². The van der Waals surface area contributed by atoms with Gasteiger partial charge in [-0.2, -0.15) is 5.10 Å². The Hall–Kier alpha value is -1.55. The lowest BCUT2D eigenvalue weighted by Crippen LogP contribution is -2.22. The molecule has 1 N–H and O–H groups in total. The van der Waals surface area contributed by atoms with Gasteiger partial charge in [0.25, 0.3) is 0 Å². The van der Waals surface area contributed by atoms with E-state index in [1.165, 1.54) is 16.7 Å². The van der Waals surface area contributed by atoms with Gasteiger partial charge in [0.15, 0.2) is 0 Å². The van der Waals surface area contributed by atoms with Crippen LogP contribution in [0.25, 0.3) is 0 Å². The number of nitrogens with zero attached hydrogens (tertiary/aromatic N) is 2. The van der Waals surface area contributed by atoms with Crippen LogP contribution in [0.15, 0.2) is 16.8 Å². The summed E-state index contributed by atoms with van der Waals surface area (Å²) in [5.74, 6) is 2.00. The number of rotatable bonds is 6. The molecule has 2 rings (SSSR count). The fourth-order valence-corrected chi connectivity index (χ4v) is 2.71. The Bertz CT molecular complexity index is 568. The minimum Gasteiger partial charge on any atom is -0.466 e. The van der Waals surface area contributed by atoms with E-state index in [2.05, 4.69) is 37.4 Å². The Balaban J connectivity index is 2.39. The van der Waals surface area contributed by atoms with E-state index in [9.17, 15) is 0 Å². The molecule has 0 fully saturated rings. The highest BCUT2D eigenvalue weighted by Gasteiger charge is 2.23. The molecule has 0 amide bonds. The first-order valence-corrected chi connectivity index (χ1v) is 7.40. The molecule has 4 heteroatoms. The third kappa shape index (κ3) is 2.80.